The number of likely N-dealkylation sites (N-methyl/N-ethyl adjacent to an activating group) is 1. The molecule has 0 rings (SSSR count). The van der Waals surface area contributed by atoms with Gasteiger partial charge in [0.15, 0.2) is 5.66 Å². The minimum Gasteiger partial charge on any atom is -0.477 e. The Hall–Kier alpha value is -0.780. The highest BCUT2D eigenvalue weighted by Gasteiger charge is 2.59. The number of rotatable bonds is 23. The third-order valence-corrected chi connectivity index (χ3v) is 8.66. The molecule has 0 aliphatic carbocycles. The summed E-state index contributed by atoms with van der Waals surface area (Å²) in [6, 6.07) is 0. The molecular weight excluding hydrogens is 472 g/mol. The van der Waals surface area contributed by atoms with Crippen molar-refractivity contribution in [3.8, 4) is 0 Å². The van der Waals surface area contributed by atoms with Crippen molar-refractivity contribution in [2.75, 3.05) is 39.6 Å². The van der Waals surface area contributed by atoms with E-state index in [2.05, 4.69) is 12.2 Å². The molecule has 0 aliphatic heterocycles. The Morgan fingerprint density at radius 2 is 1.31 bits per heavy atom. The monoisotopic (exact) mass is 525 g/mol. The highest BCUT2D eigenvalue weighted by molar-refractivity contribution is 7.85. The van der Waals surface area contributed by atoms with Crippen LogP contribution >= 0.6 is 0 Å². The lowest BCUT2D eigenvalue weighted by atomic mass is 9.82. The molecule has 0 spiro atoms. The van der Waals surface area contributed by atoms with E-state index in [-0.39, 0.29) is 43.4 Å². The summed E-state index contributed by atoms with van der Waals surface area (Å²) in [6.07, 6.45) is 12.2. The number of quaternary nitrogens is 1. The number of carboxylic acids is 1. The Bertz CT molecular complexity index is 687. The quantitative estimate of drug-likeness (QED) is 0.0590. The number of unbranched alkanes of at least 4 members (excludes halogenated alkanes) is 9. The Labute approximate surface area is 213 Å². The lowest BCUT2D eigenvalue weighted by Crippen LogP contribution is -2.77. The van der Waals surface area contributed by atoms with Crippen LogP contribution in [0.5, 0.6) is 0 Å². The van der Waals surface area contributed by atoms with Crippen LogP contribution in [0.3, 0.4) is 0 Å². The second-order valence-corrected chi connectivity index (χ2v) is 12.1. The normalized spacial score (nSPS) is 16.1. The van der Waals surface area contributed by atoms with Crippen LogP contribution in [0.1, 0.15) is 104 Å². The highest BCUT2D eigenvalue weighted by atomic mass is 32.2. The summed E-state index contributed by atoms with van der Waals surface area (Å²) in [6.45, 7) is 4.22. The average Bonchev–Trinajstić information content (AvgIpc) is 2.75. The molecular formula is C25H53N2O7S+. The lowest BCUT2D eigenvalue weighted by Gasteiger charge is -2.56. The average molecular weight is 526 g/mol. The summed E-state index contributed by atoms with van der Waals surface area (Å²) in [7, 11) is -0.733. The van der Waals surface area contributed by atoms with Crippen molar-refractivity contribution in [3.05, 3.63) is 0 Å². The molecule has 0 bridgehead atoms. The first kappa shape index (κ1) is 34.2. The first-order valence-electron chi connectivity index (χ1n) is 13.3. The molecule has 210 valence electrons. The van der Waals surface area contributed by atoms with Gasteiger partial charge in [0.25, 0.3) is 10.1 Å². The van der Waals surface area contributed by atoms with Gasteiger partial charge in [-0.05, 0) is 12.8 Å². The Morgan fingerprint density at radius 1 is 0.829 bits per heavy atom. The third-order valence-electron chi connectivity index (χ3n) is 7.85. The largest absolute Gasteiger partial charge is 0.477 e. The third kappa shape index (κ3) is 11.4. The van der Waals surface area contributed by atoms with Crippen molar-refractivity contribution in [1.29, 1.82) is 0 Å². The topological polar surface area (TPSA) is 144 Å². The number of aliphatic hydroxyl groups excluding tert-OH is 2. The van der Waals surface area contributed by atoms with Crippen LogP contribution in [-0.2, 0) is 14.9 Å². The van der Waals surface area contributed by atoms with Gasteiger partial charge in [-0.25, -0.2) is 4.79 Å². The van der Waals surface area contributed by atoms with Gasteiger partial charge in [0.1, 0.15) is 0 Å². The van der Waals surface area contributed by atoms with Crippen molar-refractivity contribution in [2.24, 2.45) is 0 Å². The number of aliphatic hydroxyl groups is 2. The lowest BCUT2D eigenvalue weighted by molar-refractivity contribution is -0.983. The van der Waals surface area contributed by atoms with E-state index in [0.29, 0.717) is 6.54 Å². The maximum Gasteiger partial charge on any atom is 0.365 e. The maximum atomic E-state index is 12.6. The predicted molar refractivity (Wildman–Crippen MR) is 140 cm³/mol. The molecule has 0 amide bonds. The Kier molecular flexibility index (Phi) is 16.5. The van der Waals surface area contributed by atoms with E-state index in [1.165, 1.54) is 44.9 Å². The Balaban J connectivity index is 5.18. The van der Waals surface area contributed by atoms with Crippen LogP contribution in [-0.4, -0.2) is 89.6 Å². The first-order chi connectivity index (χ1) is 16.3. The molecule has 0 fully saturated rings. The minimum absolute atomic E-state index is 0.0450. The van der Waals surface area contributed by atoms with Gasteiger partial charge in [-0.15, -0.1) is 0 Å². The van der Waals surface area contributed by atoms with E-state index in [4.69, 9.17) is 4.55 Å². The fourth-order valence-corrected chi connectivity index (χ4v) is 5.60. The summed E-state index contributed by atoms with van der Waals surface area (Å²) >= 11 is 0. The van der Waals surface area contributed by atoms with E-state index in [1.54, 1.807) is 14.1 Å². The molecule has 2 atom stereocenters. The van der Waals surface area contributed by atoms with Crippen molar-refractivity contribution in [3.63, 3.8) is 0 Å². The standard InChI is InChI=1S/C25H52N2O7S/c1-5-6-7-8-9-10-11-12-13-14-19-26-24(2,17-20-28)27(3,4)25(18-21-29,23(30)31)16-15-22-35(32,33)34/h26,28-29H,5-22H2,1-4H3,(H-,30,31,32,33,34)/p+1. The number of nitrogens with zero attached hydrogens (tertiary/aromatic N) is 1. The molecule has 0 saturated heterocycles. The second kappa shape index (κ2) is 16.9. The molecule has 9 nitrogen and oxygen atoms in total. The first-order valence-corrected chi connectivity index (χ1v) is 14.9. The number of hydrogen-bond donors (Lipinski definition) is 5. The van der Waals surface area contributed by atoms with E-state index in [0.717, 1.165) is 19.3 Å². The zero-order valence-electron chi connectivity index (χ0n) is 22.6. The van der Waals surface area contributed by atoms with Crippen molar-refractivity contribution < 1.29 is 37.6 Å². The van der Waals surface area contributed by atoms with Crippen molar-refractivity contribution in [1.82, 2.24) is 5.32 Å². The molecule has 0 heterocycles. The second-order valence-electron chi connectivity index (χ2n) is 10.5. The van der Waals surface area contributed by atoms with E-state index < -0.39 is 33.0 Å². The molecule has 0 aromatic heterocycles. The van der Waals surface area contributed by atoms with Gasteiger partial charge in [0, 0.05) is 39.3 Å². The fraction of sp³-hybridized carbons (Fsp3) is 0.960. The number of hydrogen-bond acceptors (Lipinski definition) is 6. The van der Waals surface area contributed by atoms with Crippen LogP contribution in [0.25, 0.3) is 0 Å². The van der Waals surface area contributed by atoms with Gasteiger partial charge in [-0.2, -0.15) is 8.42 Å². The van der Waals surface area contributed by atoms with Crippen LogP contribution in [0.15, 0.2) is 0 Å². The summed E-state index contributed by atoms with van der Waals surface area (Å²) < 4.78 is 31.5. The van der Waals surface area contributed by atoms with Gasteiger partial charge in [0.05, 0.1) is 26.5 Å². The fourth-order valence-electron chi connectivity index (χ4n) is 5.09. The molecule has 5 N–H and O–H groups in total. The summed E-state index contributed by atoms with van der Waals surface area (Å²) in [5.41, 5.74) is -2.34. The highest BCUT2D eigenvalue weighted by Crippen LogP contribution is 2.38. The molecule has 0 saturated carbocycles. The van der Waals surface area contributed by atoms with E-state index in [9.17, 15) is 28.5 Å². The molecule has 35 heavy (non-hydrogen) atoms. The molecule has 0 radical (unpaired) electrons. The smallest absolute Gasteiger partial charge is 0.365 e. The number of carbonyl (C=O) groups is 1. The van der Waals surface area contributed by atoms with Crippen LogP contribution in [0.4, 0.5) is 0 Å². The van der Waals surface area contributed by atoms with E-state index in [1.807, 2.05) is 6.92 Å². The molecule has 0 aromatic carbocycles. The minimum atomic E-state index is -4.23. The van der Waals surface area contributed by atoms with Crippen LogP contribution in [0, 0.1) is 0 Å². The zero-order valence-corrected chi connectivity index (χ0v) is 23.4. The molecule has 2 unspecified atom stereocenters. The number of nitrogens with one attached hydrogen (secondary N) is 1. The number of carboxylic acid groups (broad SMARTS) is 1. The maximum absolute atomic E-state index is 12.6. The molecule has 10 heteroatoms. The summed E-state index contributed by atoms with van der Waals surface area (Å²) in [4.78, 5) is 12.6. The number of aliphatic carboxylic acids is 1. The van der Waals surface area contributed by atoms with Gasteiger partial charge < -0.3 is 15.3 Å². The predicted octanol–water partition coefficient (Wildman–Crippen LogP) is 3.55. The Morgan fingerprint density at radius 3 is 1.74 bits per heavy atom. The summed E-state index contributed by atoms with van der Waals surface area (Å²) in [5, 5.41) is 33.3. The van der Waals surface area contributed by atoms with Crippen molar-refractivity contribution in [2.45, 2.75) is 115 Å². The van der Waals surface area contributed by atoms with Crippen molar-refractivity contribution >= 4 is 16.1 Å². The molecule has 0 aliphatic rings. The van der Waals surface area contributed by atoms with Crippen LogP contribution < -0.4 is 5.32 Å². The van der Waals surface area contributed by atoms with E-state index >= 15 is 0 Å². The van der Waals surface area contributed by atoms with Gasteiger partial charge in [-0.3, -0.25) is 14.4 Å². The van der Waals surface area contributed by atoms with Gasteiger partial charge >= 0.3 is 5.97 Å². The van der Waals surface area contributed by atoms with Gasteiger partial charge in [0.2, 0.25) is 5.54 Å². The SMILES string of the molecule is CCCCCCCCCCCCNC(C)(CCO)[N+](C)(C)C(CCO)(CCCS(=O)(=O)O)C(=O)O. The zero-order chi connectivity index (χ0) is 27.0. The summed E-state index contributed by atoms with van der Waals surface area (Å²) in [5.74, 6) is -1.69. The van der Waals surface area contributed by atoms with Gasteiger partial charge in [-0.1, -0.05) is 64.7 Å². The molecule has 0 aromatic rings. The van der Waals surface area contributed by atoms with Crippen LogP contribution in [0.2, 0.25) is 0 Å².